The van der Waals surface area contributed by atoms with Crippen LogP contribution in [0.15, 0.2) is 82.0 Å². The minimum absolute atomic E-state index is 0.126. The first-order valence-corrected chi connectivity index (χ1v) is 11.3. The van der Waals surface area contributed by atoms with Crippen LogP contribution in [0.1, 0.15) is 18.1 Å². The van der Waals surface area contributed by atoms with Crippen molar-refractivity contribution in [2.75, 3.05) is 4.90 Å². The van der Waals surface area contributed by atoms with Gasteiger partial charge in [0.15, 0.2) is 10.7 Å². The maximum atomic E-state index is 13.5. The summed E-state index contributed by atoms with van der Waals surface area (Å²) in [5, 5.41) is 0.614. The highest BCUT2D eigenvalue weighted by molar-refractivity contribution is 7.22. The summed E-state index contributed by atoms with van der Waals surface area (Å²) < 4.78 is 7.71. The third kappa shape index (κ3) is 3.83. The Hall–Kier alpha value is -3.71. The quantitative estimate of drug-likeness (QED) is 0.370. The van der Waals surface area contributed by atoms with E-state index in [1.807, 2.05) is 42.5 Å². The number of nitrogens with zero attached hydrogens (tertiary/aromatic N) is 3. The van der Waals surface area contributed by atoms with Crippen LogP contribution in [-0.2, 0) is 24.3 Å². The predicted octanol–water partition coefficient (Wildman–Crippen LogP) is 5.00. The fourth-order valence-corrected chi connectivity index (χ4v) is 4.75. The average Bonchev–Trinajstić information content (AvgIpc) is 3.38. The van der Waals surface area contributed by atoms with Crippen LogP contribution in [0.25, 0.3) is 21.3 Å². The number of thiazole rings is 1. The number of para-hydroxylation sites is 2. The number of rotatable bonds is 6. The van der Waals surface area contributed by atoms with E-state index in [0.717, 1.165) is 22.2 Å². The second-order valence-corrected chi connectivity index (χ2v) is 8.55. The first-order valence-electron chi connectivity index (χ1n) is 10.4. The number of oxazole rings is 1. The lowest BCUT2D eigenvalue weighted by Gasteiger charge is -2.20. The molecular formula is C25H21N3O3S. The fraction of sp³-hybridized carbons (Fsp3) is 0.160. The lowest BCUT2D eigenvalue weighted by Crippen LogP contribution is -2.35. The molecule has 1 amide bonds. The molecule has 5 aromatic rings. The minimum Gasteiger partial charge on any atom is -0.408 e. The monoisotopic (exact) mass is 443 g/mol. The van der Waals surface area contributed by atoms with Crippen LogP contribution in [0.2, 0.25) is 0 Å². The standard InChI is InChI=1S/C25H21N3O3S/c1-2-17-12-13-19-22(14-17)32-24(26-19)28(15-18-8-4-3-5-9-18)23(29)16-27-20-10-6-7-11-21(20)31-25(27)30/h3-14H,2,15-16H2,1H3. The summed E-state index contributed by atoms with van der Waals surface area (Å²) in [7, 11) is 0. The molecule has 0 aliphatic rings. The number of benzene rings is 3. The van der Waals surface area contributed by atoms with Gasteiger partial charge in [-0.1, -0.05) is 66.8 Å². The van der Waals surface area contributed by atoms with Gasteiger partial charge < -0.3 is 4.42 Å². The Labute approximate surface area is 188 Å². The summed E-state index contributed by atoms with van der Waals surface area (Å²) >= 11 is 1.49. The Morgan fingerprint density at radius 3 is 2.62 bits per heavy atom. The van der Waals surface area contributed by atoms with Crippen molar-refractivity contribution in [3.8, 4) is 0 Å². The summed E-state index contributed by atoms with van der Waals surface area (Å²) in [4.78, 5) is 32.3. The smallest absolute Gasteiger partial charge is 0.408 e. The minimum atomic E-state index is -0.545. The maximum Gasteiger partial charge on any atom is 0.420 e. The molecule has 2 aromatic heterocycles. The Balaban J connectivity index is 1.54. The van der Waals surface area contributed by atoms with Crippen LogP contribution in [0.5, 0.6) is 0 Å². The highest BCUT2D eigenvalue weighted by Gasteiger charge is 2.23. The molecule has 0 saturated carbocycles. The van der Waals surface area contributed by atoms with Crippen LogP contribution in [0.3, 0.4) is 0 Å². The van der Waals surface area contributed by atoms with Crippen LogP contribution in [0, 0.1) is 0 Å². The normalized spacial score (nSPS) is 11.3. The van der Waals surface area contributed by atoms with E-state index in [2.05, 4.69) is 19.1 Å². The maximum absolute atomic E-state index is 13.5. The van der Waals surface area contributed by atoms with Crippen molar-refractivity contribution in [3.63, 3.8) is 0 Å². The van der Waals surface area contributed by atoms with Crippen molar-refractivity contribution in [1.82, 2.24) is 9.55 Å². The zero-order valence-electron chi connectivity index (χ0n) is 17.5. The molecule has 0 atom stereocenters. The van der Waals surface area contributed by atoms with Gasteiger partial charge in [-0.2, -0.15) is 0 Å². The number of carbonyl (C=O) groups is 1. The van der Waals surface area contributed by atoms with Crippen LogP contribution in [0.4, 0.5) is 5.13 Å². The van der Waals surface area contributed by atoms with Crippen LogP contribution >= 0.6 is 11.3 Å². The van der Waals surface area contributed by atoms with Gasteiger partial charge in [0.2, 0.25) is 5.91 Å². The molecule has 0 N–H and O–H groups in total. The Bertz CT molecular complexity index is 1470. The summed E-state index contributed by atoms with van der Waals surface area (Å²) in [6.45, 7) is 2.35. The highest BCUT2D eigenvalue weighted by Crippen LogP contribution is 2.31. The first kappa shape index (κ1) is 20.2. The Morgan fingerprint density at radius 1 is 1.03 bits per heavy atom. The van der Waals surface area contributed by atoms with Crippen LogP contribution in [-0.4, -0.2) is 15.5 Å². The van der Waals surface area contributed by atoms with Gasteiger partial charge in [-0.05, 0) is 41.8 Å². The molecule has 5 rings (SSSR count). The summed E-state index contributed by atoms with van der Waals surface area (Å²) in [5.74, 6) is -0.770. The number of fused-ring (bicyclic) bond motifs is 2. The van der Waals surface area contributed by atoms with E-state index < -0.39 is 5.76 Å². The Morgan fingerprint density at radius 2 is 1.81 bits per heavy atom. The second-order valence-electron chi connectivity index (χ2n) is 7.54. The number of hydrogen-bond donors (Lipinski definition) is 0. The van der Waals surface area contributed by atoms with Crippen LogP contribution < -0.4 is 10.7 Å². The molecule has 0 bridgehead atoms. The summed E-state index contributed by atoms with van der Waals surface area (Å²) in [6, 6.07) is 23.1. The van der Waals surface area contributed by atoms with E-state index >= 15 is 0 Å². The van der Waals surface area contributed by atoms with Crippen molar-refractivity contribution < 1.29 is 9.21 Å². The van der Waals surface area contributed by atoms with E-state index in [1.54, 1.807) is 23.1 Å². The molecule has 160 valence electrons. The molecular weight excluding hydrogens is 422 g/mol. The van der Waals surface area contributed by atoms with Gasteiger partial charge >= 0.3 is 5.76 Å². The number of hydrogen-bond acceptors (Lipinski definition) is 5. The highest BCUT2D eigenvalue weighted by atomic mass is 32.1. The molecule has 3 aromatic carbocycles. The molecule has 0 saturated heterocycles. The van der Waals surface area contributed by atoms with E-state index in [0.29, 0.717) is 22.8 Å². The van der Waals surface area contributed by atoms with Gasteiger partial charge in [0, 0.05) is 0 Å². The number of aryl methyl sites for hydroxylation is 1. The van der Waals surface area contributed by atoms with E-state index in [-0.39, 0.29) is 12.5 Å². The molecule has 0 unspecified atom stereocenters. The lowest BCUT2D eigenvalue weighted by atomic mass is 10.2. The van der Waals surface area contributed by atoms with Crippen molar-refractivity contribution in [2.24, 2.45) is 0 Å². The summed E-state index contributed by atoms with van der Waals surface area (Å²) in [5.41, 5.74) is 4.14. The largest absolute Gasteiger partial charge is 0.420 e. The average molecular weight is 444 g/mol. The van der Waals surface area contributed by atoms with E-state index in [9.17, 15) is 9.59 Å². The van der Waals surface area contributed by atoms with E-state index in [1.165, 1.54) is 21.5 Å². The topological polar surface area (TPSA) is 68.3 Å². The van der Waals surface area contributed by atoms with Gasteiger partial charge in [0.1, 0.15) is 6.54 Å². The molecule has 6 nitrogen and oxygen atoms in total. The van der Waals surface area contributed by atoms with Crippen molar-refractivity contribution in [3.05, 3.63) is 94.5 Å². The number of anilines is 1. The molecule has 32 heavy (non-hydrogen) atoms. The number of carbonyl (C=O) groups excluding carboxylic acids is 1. The molecule has 0 fully saturated rings. The third-order valence-electron chi connectivity index (χ3n) is 5.43. The molecule has 0 aliphatic heterocycles. The van der Waals surface area contributed by atoms with Gasteiger partial charge in [-0.25, -0.2) is 9.78 Å². The molecule has 2 heterocycles. The van der Waals surface area contributed by atoms with Gasteiger partial charge in [-0.15, -0.1) is 0 Å². The van der Waals surface area contributed by atoms with Gasteiger partial charge in [0.05, 0.1) is 22.3 Å². The zero-order valence-corrected chi connectivity index (χ0v) is 18.3. The lowest BCUT2D eigenvalue weighted by molar-refractivity contribution is -0.119. The van der Waals surface area contributed by atoms with Crippen molar-refractivity contribution >= 4 is 43.7 Å². The number of amides is 1. The number of aromatic nitrogens is 2. The summed E-state index contributed by atoms with van der Waals surface area (Å²) in [6.07, 6.45) is 0.937. The first-order chi connectivity index (χ1) is 15.6. The zero-order chi connectivity index (χ0) is 22.1. The van der Waals surface area contributed by atoms with Gasteiger partial charge in [0.25, 0.3) is 0 Å². The molecule has 0 radical (unpaired) electrons. The molecule has 0 spiro atoms. The molecule has 7 heteroatoms. The van der Waals surface area contributed by atoms with E-state index in [4.69, 9.17) is 9.40 Å². The third-order valence-corrected chi connectivity index (χ3v) is 6.47. The van der Waals surface area contributed by atoms with Crippen molar-refractivity contribution in [1.29, 1.82) is 0 Å². The second kappa shape index (κ2) is 8.43. The van der Waals surface area contributed by atoms with Crippen molar-refractivity contribution in [2.45, 2.75) is 26.4 Å². The predicted molar refractivity (Wildman–Crippen MR) is 127 cm³/mol. The molecule has 0 aliphatic carbocycles. The SMILES string of the molecule is CCc1ccc2nc(N(Cc3ccccc3)C(=O)Cn3c(=O)oc4ccccc43)sc2c1. The fourth-order valence-electron chi connectivity index (χ4n) is 3.71. The van der Waals surface area contributed by atoms with Gasteiger partial charge in [-0.3, -0.25) is 14.3 Å². The Kier molecular flexibility index (Phi) is 5.33.